The molecule has 0 spiro atoms. The highest BCUT2D eigenvalue weighted by molar-refractivity contribution is 7.21. The van der Waals surface area contributed by atoms with Gasteiger partial charge in [-0.2, -0.15) is 0 Å². The lowest BCUT2D eigenvalue weighted by atomic mass is 10.1. The third kappa shape index (κ3) is 2.67. The highest BCUT2D eigenvalue weighted by atomic mass is 32.1. The molecule has 0 bridgehead atoms. The Balaban J connectivity index is 1.97. The third-order valence-corrected chi connectivity index (χ3v) is 5.22. The second kappa shape index (κ2) is 6.27. The van der Waals surface area contributed by atoms with Gasteiger partial charge in [0.15, 0.2) is 0 Å². The molecule has 7 heteroatoms. The molecule has 6 nitrogen and oxygen atoms in total. The number of fused-ring (bicyclic) bond motifs is 1. The van der Waals surface area contributed by atoms with Gasteiger partial charge in [0.2, 0.25) is 0 Å². The van der Waals surface area contributed by atoms with Crippen molar-refractivity contribution in [3.8, 4) is 21.8 Å². The van der Waals surface area contributed by atoms with Crippen LogP contribution in [0.15, 0.2) is 49.1 Å². The van der Waals surface area contributed by atoms with Gasteiger partial charge in [0.05, 0.1) is 40.6 Å². The van der Waals surface area contributed by atoms with E-state index in [0.29, 0.717) is 5.82 Å². The summed E-state index contributed by atoms with van der Waals surface area (Å²) in [6, 6.07) is 11.9. The minimum Gasteiger partial charge on any atom is -0.394 e. The quantitative estimate of drug-likeness (QED) is 0.588. The van der Waals surface area contributed by atoms with Gasteiger partial charge in [0.25, 0.3) is 0 Å². The first-order chi connectivity index (χ1) is 12.2. The molecule has 3 N–H and O–H groups in total. The maximum absolute atomic E-state index is 9.64. The first-order valence-corrected chi connectivity index (χ1v) is 8.74. The first kappa shape index (κ1) is 15.7. The van der Waals surface area contributed by atoms with Crippen molar-refractivity contribution in [3.05, 3.63) is 49.1 Å². The standard InChI is InChI=1S/C18H17N5OS/c1-11(8-24)23-10-22-15(12-5-3-2-4-6-12)16(23)14-7-13-17(19)20-9-21-18(13)25-14/h2-7,9-11,24H,8H2,1H3,(H2,19,20,21). The van der Waals surface area contributed by atoms with Crippen LogP contribution in [0.3, 0.4) is 0 Å². The van der Waals surface area contributed by atoms with Gasteiger partial charge in [0, 0.05) is 5.56 Å². The Morgan fingerprint density at radius 3 is 2.72 bits per heavy atom. The molecule has 126 valence electrons. The normalized spacial score (nSPS) is 12.6. The number of thiophene rings is 1. The summed E-state index contributed by atoms with van der Waals surface area (Å²) >= 11 is 1.55. The molecule has 0 aliphatic heterocycles. The third-order valence-electron chi connectivity index (χ3n) is 4.17. The zero-order valence-electron chi connectivity index (χ0n) is 13.6. The van der Waals surface area contributed by atoms with E-state index in [4.69, 9.17) is 5.73 Å². The molecule has 0 amide bonds. The highest BCUT2D eigenvalue weighted by Crippen LogP contribution is 2.39. The van der Waals surface area contributed by atoms with Gasteiger partial charge in [-0.3, -0.25) is 0 Å². The van der Waals surface area contributed by atoms with E-state index in [2.05, 4.69) is 15.0 Å². The number of aliphatic hydroxyl groups excluding tert-OH is 1. The molecule has 25 heavy (non-hydrogen) atoms. The van der Waals surface area contributed by atoms with Gasteiger partial charge in [-0.15, -0.1) is 11.3 Å². The summed E-state index contributed by atoms with van der Waals surface area (Å²) in [5.41, 5.74) is 8.84. The molecule has 3 aromatic heterocycles. The molecule has 3 heterocycles. The van der Waals surface area contributed by atoms with Crippen molar-refractivity contribution in [2.45, 2.75) is 13.0 Å². The number of anilines is 1. The predicted octanol–water partition coefficient (Wildman–Crippen LogP) is 3.36. The topological polar surface area (TPSA) is 89.8 Å². The monoisotopic (exact) mass is 351 g/mol. The molecule has 0 fully saturated rings. The Hall–Kier alpha value is -2.77. The lowest BCUT2D eigenvalue weighted by molar-refractivity contribution is 0.239. The van der Waals surface area contributed by atoms with Crippen molar-refractivity contribution in [2.75, 3.05) is 12.3 Å². The number of nitrogens with zero attached hydrogens (tertiary/aromatic N) is 4. The molecular formula is C18H17N5OS. The first-order valence-electron chi connectivity index (χ1n) is 7.92. The number of nitrogen functional groups attached to an aromatic ring is 1. The van der Waals surface area contributed by atoms with E-state index in [0.717, 1.165) is 32.0 Å². The number of nitrogens with two attached hydrogens (primary N) is 1. The molecule has 1 atom stereocenters. The van der Waals surface area contributed by atoms with Crippen molar-refractivity contribution in [2.24, 2.45) is 0 Å². The van der Waals surface area contributed by atoms with Crippen molar-refractivity contribution >= 4 is 27.4 Å². The average molecular weight is 351 g/mol. The molecule has 0 radical (unpaired) electrons. The fourth-order valence-corrected chi connectivity index (χ4v) is 3.88. The van der Waals surface area contributed by atoms with Gasteiger partial charge in [0.1, 0.15) is 17.0 Å². The van der Waals surface area contributed by atoms with E-state index in [1.807, 2.05) is 47.9 Å². The molecule has 4 aromatic rings. The van der Waals surface area contributed by atoms with Crippen LogP contribution >= 0.6 is 11.3 Å². The van der Waals surface area contributed by atoms with Gasteiger partial charge < -0.3 is 15.4 Å². The number of benzene rings is 1. The lowest BCUT2D eigenvalue weighted by Crippen LogP contribution is -2.09. The highest BCUT2D eigenvalue weighted by Gasteiger charge is 2.20. The molecule has 4 rings (SSSR count). The number of hydrogen-bond acceptors (Lipinski definition) is 6. The maximum Gasteiger partial charge on any atom is 0.135 e. The predicted molar refractivity (Wildman–Crippen MR) is 100 cm³/mol. The van der Waals surface area contributed by atoms with E-state index in [-0.39, 0.29) is 12.6 Å². The fourth-order valence-electron chi connectivity index (χ4n) is 2.83. The van der Waals surface area contributed by atoms with Crippen LogP contribution in [0.2, 0.25) is 0 Å². The van der Waals surface area contributed by atoms with E-state index in [1.165, 1.54) is 6.33 Å². The van der Waals surface area contributed by atoms with E-state index >= 15 is 0 Å². The molecular weight excluding hydrogens is 334 g/mol. The molecule has 0 aliphatic rings. The molecule has 1 aromatic carbocycles. The second-order valence-corrected chi connectivity index (χ2v) is 6.87. The maximum atomic E-state index is 9.64. The van der Waals surface area contributed by atoms with Gasteiger partial charge >= 0.3 is 0 Å². The minimum atomic E-state index is -0.0893. The van der Waals surface area contributed by atoms with Crippen molar-refractivity contribution in [1.29, 1.82) is 0 Å². The lowest BCUT2D eigenvalue weighted by Gasteiger charge is -2.14. The Morgan fingerprint density at radius 1 is 1.20 bits per heavy atom. The summed E-state index contributed by atoms with van der Waals surface area (Å²) in [5.74, 6) is 0.468. The summed E-state index contributed by atoms with van der Waals surface area (Å²) in [6.45, 7) is 1.99. The summed E-state index contributed by atoms with van der Waals surface area (Å²) in [4.78, 5) is 14.8. The number of aliphatic hydroxyl groups is 1. The van der Waals surface area contributed by atoms with Crippen molar-refractivity contribution in [1.82, 2.24) is 19.5 Å². The minimum absolute atomic E-state index is 0.0322. The Kier molecular flexibility index (Phi) is 3.95. The van der Waals surface area contributed by atoms with Gasteiger partial charge in [-0.1, -0.05) is 30.3 Å². The van der Waals surface area contributed by atoms with Crippen LogP contribution in [-0.4, -0.2) is 31.2 Å². The van der Waals surface area contributed by atoms with Crippen LogP contribution in [0.4, 0.5) is 5.82 Å². The molecule has 1 unspecified atom stereocenters. The van der Waals surface area contributed by atoms with Gasteiger partial charge in [-0.25, -0.2) is 15.0 Å². The number of rotatable bonds is 4. The summed E-state index contributed by atoms with van der Waals surface area (Å²) in [6.07, 6.45) is 3.25. The van der Waals surface area contributed by atoms with Crippen LogP contribution < -0.4 is 5.73 Å². The van der Waals surface area contributed by atoms with Crippen molar-refractivity contribution < 1.29 is 5.11 Å². The summed E-state index contributed by atoms with van der Waals surface area (Å²) in [5, 5.41) is 10.5. The second-order valence-electron chi connectivity index (χ2n) is 5.84. The van der Waals surface area contributed by atoms with Crippen LogP contribution in [0, 0.1) is 0 Å². The smallest absolute Gasteiger partial charge is 0.135 e. The van der Waals surface area contributed by atoms with E-state index in [9.17, 15) is 5.11 Å². The van der Waals surface area contributed by atoms with Crippen LogP contribution in [0.25, 0.3) is 32.0 Å². The number of imidazole rings is 1. The zero-order valence-corrected chi connectivity index (χ0v) is 14.4. The fraction of sp³-hybridized carbons (Fsp3) is 0.167. The van der Waals surface area contributed by atoms with E-state index < -0.39 is 0 Å². The molecule has 0 saturated heterocycles. The summed E-state index contributed by atoms with van der Waals surface area (Å²) < 4.78 is 2.00. The largest absolute Gasteiger partial charge is 0.394 e. The Bertz CT molecular complexity index is 1020. The molecule has 0 saturated carbocycles. The van der Waals surface area contributed by atoms with E-state index in [1.54, 1.807) is 17.7 Å². The number of hydrogen-bond donors (Lipinski definition) is 2. The Labute approximate surface area is 148 Å². The van der Waals surface area contributed by atoms with Crippen LogP contribution in [0.1, 0.15) is 13.0 Å². The van der Waals surface area contributed by atoms with Crippen molar-refractivity contribution in [3.63, 3.8) is 0 Å². The SMILES string of the molecule is CC(CO)n1cnc(-c2ccccc2)c1-c1cc2c(N)ncnc2s1. The molecule has 0 aliphatic carbocycles. The van der Waals surface area contributed by atoms with Crippen LogP contribution in [0.5, 0.6) is 0 Å². The van der Waals surface area contributed by atoms with Gasteiger partial charge in [-0.05, 0) is 13.0 Å². The zero-order chi connectivity index (χ0) is 17.4. The average Bonchev–Trinajstić information content (AvgIpc) is 3.26. The summed E-state index contributed by atoms with van der Waals surface area (Å²) in [7, 11) is 0. The van der Waals surface area contributed by atoms with Crippen LogP contribution in [-0.2, 0) is 0 Å². The Morgan fingerprint density at radius 2 is 2.00 bits per heavy atom. The number of aromatic nitrogens is 4.